The molecule has 0 spiro atoms. The van der Waals surface area contributed by atoms with Crippen LogP contribution >= 0.6 is 0 Å². The lowest BCUT2D eigenvalue weighted by Crippen LogP contribution is -1.92. The highest BCUT2D eigenvalue weighted by Crippen LogP contribution is 2.15. The molecule has 16 heavy (non-hydrogen) atoms. The first-order valence-electron chi connectivity index (χ1n) is 5.12. The number of rotatable bonds is 4. The molecule has 0 aliphatic rings. The smallest absolute Gasteiger partial charge is 0.228 e. The van der Waals surface area contributed by atoms with Crippen LogP contribution in [0.15, 0.2) is 48.5 Å². The van der Waals surface area contributed by atoms with Gasteiger partial charge in [0.1, 0.15) is 5.75 Å². The fourth-order valence-electron chi connectivity index (χ4n) is 1.57. The zero-order valence-corrected chi connectivity index (χ0v) is 8.82. The Bertz CT molecular complexity index is 439. The second-order valence-corrected chi connectivity index (χ2v) is 3.48. The maximum Gasteiger partial charge on any atom is 0.228 e. The van der Waals surface area contributed by atoms with Crippen LogP contribution in [0.2, 0.25) is 0 Å². The zero-order valence-electron chi connectivity index (χ0n) is 8.82. The van der Waals surface area contributed by atoms with E-state index in [0.717, 1.165) is 12.0 Å². The molecule has 0 saturated heterocycles. The van der Waals surface area contributed by atoms with Gasteiger partial charge in [-0.3, -0.25) is 0 Å². The molecule has 2 aromatic rings. The summed E-state index contributed by atoms with van der Waals surface area (Å²) in [4.78, 5) is 0. The van der Waals surface area contributed by atoms with Crippen LogP contribution in [0.4, 0.5) is 4.39 Å². The van der Waals surface area contributed by atoms with Crippen molar-refractivity contribution in [3.63, 3.8) is 0 Å². The summed E-state index contributed by atoms with van der Waals surface area (Å²) >= 11 is 0. The average molecular weight is 215 g/mol. The molecule has 0 atom stereocenters. The van der Waals surface area contributed by atoms with Crippen LogP contribution in [-0.2, 0) is 6.42 Å². The first-order valence-corrected chi connectivity index (χ1v) is 5.12. The molecule has 0 saturated carbocycles. The van der Waals surface area contributed by atoms with E-state index in [1.165, 1.54) is 5.56 Å². The van der Waals surface area contributed by atoms with Crippen molar-refractivity contribution in [2.24, 2.45) is 0 Å². The highest BCUT2D eigenvalue weighted by atomic mass is 19.1. The summed E-state index contributed by atoms with van der Waals surface area (Å²) in [5.41, 5.74) is 2.31. The van der Waals surface area contributed by atoms with Crippen LogP contribution in [-0.4, -0.2) is 6.86 Å². The van der Waals surface area contributed by atoms with Gasteiger partial charge in [0, 0.05) is 6.07 Å². The minimum Gasteiger partial charge on any atom is -0.462 e. The quantitative estimate of drug-likeness (QED) is 0.759. The molecule has 0 aliphatic heterocycles. The van der Waals surface area contributed by atoms with Gasteiger partial charge < -0.3 is 4.74 Å². The van der Waals surface area contributed by atoms with Crippen LogP contribution in [0.1, 0.15) is 11.1 Å². The van der Waals surface area contributed by atoms with Gasteiger partial charge in [-0.2, -0.15) is 0 Å². The number of halogens is 1. The molecular weight excluding hydrogens is 203 g/mol. The predicted octanol–water partition coefficient (Wildman–Crippen LogP) is 3.38. The maximum absolute atomic E-state index is 12.0. The van der Waals surface area contributed by atoms with Gasteiger partial charge in [0.2, 0.25) is 6.86 Å². The highest BCUT2D eigenvalue weighted by molar-refractivity contribution is 5.31. The Kier molecular flexibility index (Phi) is 3.54. The van der Waals surface area contributed by atoms with Crippen LogP contribution in [0.3, 0.4) is 0 Å². The summed E-state index contributed by atoms with van der Waals surface area (Å²) in [5.74, 6) is 0.455. The van der Waals surface area contributed by atoms with Crippen LogP contribution in [0.25, 0.3) is 0 Å². The van der Waals surface area contributed by atoms with Crippen LogP contribution < -0.4 is 4.74 Å². The minimum absolute atomic E-state index is 0.455. The summed E-state index contributed by atoms with van der Waals surface area (Å²) in [6.07, 6.45) is 0.818. The summed E-state index contributed by atoms with van der Waals surface area (Å²) in [5, 5.41) is 0. The molecule has 81 valence electrons. The van der Waals surface area contributed by atoms with Crippen molar-refractivity contribution in [1.82, 2.24) is 0 Å². The third-order valence-electron chi connectivity index (χ3n) is 2.30. The van der Waals surface area contributed by atoms with E-state index in [1.807, 2.05) is 30.3 Å². The van der Waals surface area contributed by atoms with Gasteiger partial charge in [-0.15, -0.1) is 0 Å². The van der Waals surface area contributed by atoms with Gasteiger partial charge in [-0.1, -0.05) is 42.5 Å². The van der Waals surface area contributed by atoms with E-state index in [1.54, 1.807) is 6.07 Å². The Balaban J connectivity index is 2.12. The standard InChI is InChI=1S/C14H12FO/c15-11-16-14-8-4-7-13(10-14)9-12-5-2-1-3-6-12/h1-7,10H,9,11H2. The number of ether oxygens (including phenoxy) is 1. The van der Waals surface area contributed by atoms with Crippen molar-refractivity contribution in [3.05, 3.63) is 65.7 Å². The van der Waals surface area contributed by atoms with E-state index in [4.69, 9.17) is 4.74 Å². The fourth-order valence-corrected chi connectivity index (χ4v) is 1.57. The Hall–Kier alpha value is -1.83. The molecule has 0 N–H and O–H groups in total. The van der Waals surface area contributed by atoms with E-state index in [-0.39, 0.29) is 0 Å². The number of alkyl halides is 1. The molecule has 2 heteroatoms. The Labute approximate surface area is 94.5 Å². The molecule has 0 bridgehead atoms. The Morgan fingerprint density at radius 2 is 1.88 bits per heavy atom. The lowest BCUT2D eigenvalue weighted by atomic mass is 10.1. The minimum atomic E-state index is -0.814. The third kappa shape index (κ3) is 2.83. The molecule has 0 aromatic heterocycles. The first kappa shape index (κ1) is 10.7. The molecule has 0 heterocycles. The van der Waals surface area contributed by atoms with Gasteiger partial charge in [0.05, 0.1) is 0 Å². The zero-order chi connectivity index (χ0) is 11.2. The van der Waals surface area contributed by atoms with Crippen molar-refractivity contribution >= 4 is 0 Å². The second-order valence-electron chi connectivity index (χ2n) is 3.48. The van der Waals surface area contributed by atoms with Crippen LogP contribution in [0.5, 0.6) is 5.75 Å². The molecule has 0 aliphatic carbocycles. The van der Waals surface area contributed by atoms with Crippen LogP contribution in [0, 0.1) is 6.07 Å². The number of benzene rings is 2. The lowest BCUT2D eigenvalue weighted by Gasteiger charge is -2.04. The molecule has 0 amide bonds. The number of hydrogen-bond acceptors (Lipinski definition) is 1. The normalized spacial score (nSPS) is 10.1. The van der Waals surface area contributed by atoms with Gasteiger partial charge >= 0.3 is 0 Å². The van der Waals surface area contributed by atoms with Gasteiger partial charge in [0.25, 0.3) is 0 Å². The largest absolute Gasteiger partial charge is 0.462 e. The lowest BCUT2D eigenvalue weighted by molar-refractivity contribution is 0.191. The van der Waals surface area contributed by atoms with E-state index < -0.39 is 6.86 Å². The fraction of sp³-hybridized carbons (Fsp3) is 0.143. The summed E-state index contributed by atoms with van der Waals surface area (Å²) in [6.45, 7) is -0.814. The molecule has 0 fully saturated rings. The van der Waals surface area contributed by atoms with Gasteiger partial charge in [-0.25, -0.2) is 4.39 Å². The van der Waals surface area contributed by atoms with Crippen molar-refractivity contribution in [2.75, 3.05) is 6.86 Å². The summed E-state index contributed by atoms with van der Waals surface area (Å²) < 4.78 is 16.8. The molecular formula is C14H12FO. The van der Waals surface area contributed by atoms with E-state index in [2.05, 4.69) is 18.2 Å². The molecule has 1 radical (unpaired) electrons. The van der Waals surface area contributed by atoms with Crippen molar-refractivity contribution in [1.29, 1.82) is 0 Å². The maximum atomic E-state index is 12.0. The van der Waals surface area contributed by atoms with E-state index in [0.29, 0.717) is 5.75 Å². The third-order valence-corrected chi connectivity index (χ3v) is 2.30. The summed E-state index contributed by atoms with van der Waals surface area (Å²) in [6, 6.07) is 18.5. The van der Waals surface area contributed by atoms with E-state index in [9.17, 15) is 4.39 Å². The SMILES string of the molecule is FCOc1[c]ccc(Cc2ccccc2)c1. The average Bonchev–Trinajstić information content (AvgIpc) is 2.31. The first-order chi connectivity index (χ1) is 7.88. The van der Waals surface area contributed by atoms with Crippen molar-refractivity contribution in [2.45, 2.75) is 6.42 Å². The molecule has 0 unspecified atom stereocenters. The topological polar surface area (TPSA) is 9.23 Å². The van der Waals surface area contributed by atoms with Crippen molar-refractivity contribution in [3.8, 4) is 5.75 Å². The van der Waals surface area contributed by atoms with Crippen molar-refractivity contribution < 1.29 is 9.13 Å². The number of hydrogen-bond donors (Lipinski definition) is 0. The predicted molar refractivity (Wildman–Crippen MR) is 61.1 cm³/mol. The molecule has 2 aromatic carbocycles. The Morgan fingerprint density at radius 3 is 2.62 bits per heavy atom. The summed E-state index contributed by atoms with van der Waals surface area (Å²) in [7, 11) is 0. The van der Waals surface area contributed by atoms with Gasteiger partial charge in [0.15, 0.2) is 0 Å². The second kappa shape index (κ2) is 5.31. The Morgan fingerprint density at radius 1 is 1.06 bits per heavy atom. The van der Waals surface area contributed by atoms with E-state index >= 15 is 0 Å². The van der Waals surface area contributed by atoms with Gasteiger partial charge in [-0.05, 0) is 23.6 Å². The molecule has 2 rings (SSSR count). The molecule has 1 nitrogen and oxygen atoms in total. The monoisotopic (exact) mass is 215 g/mol. The highest BCUT2D eigenvalue weighted by Gasteiger charge is 1.98.